The molecule has 0 aliphatic heterocycles. The number of ether oxygens (including phenoxy) is 1. The molecule has 0 unspecified atom stereocenters. The predicted molar refractivity (Wildman–Crippen MR) is 107 cm³/mol. The van der Waals surface area contributed by atoms with Gasteiger partial charge in [0.05, 0.1) is 6.10 Å². The topological polar surface area (TPSA) is 76.1 Å². The van der Waals surface area contributed by atoms with E-state index in [1.807, 2.05) is 50.2 Å². The standard InChI is InChI=1S/C21H22N4O2/c1-14(2)27-19-9-7-17(8-10-19)24-20-12-21(23-13-22-20)25-18-6-4-5-16(11-18)15(3)26/h4-14H,1-3H3,(H2,22,23,24,25). The molecule has 0 atom stereocenters. The van der Waals surface area contributed by atoms with E-state index in [2.05, 4.69) is 20.6 Å². The second-order valence-electron chi connectivity index (χ2n) is 6.37. The molecule has 3 aromatic rings. The summed E-state index contributed by atoms with van der Waals surface area (Å²) in [4.78, 5) is 20.0. The largest absolute Gasteiger partial charge is 0.491 e. The molecule has 0 saturated carbocycles. The van der Waals surface area contributed by atoms with E-state index in [-0.39, 0.29) is 11.9 Å². The number of nitrogens with zero attached hydrogens (tertiary/aromatic N) is 2. The number of hydrogen-bond acceptors (Lipinski definition) is 6. The molecule has 6 heteroatoms. The maximum atomic E-state index is 11.5. The monoisotopic (exact) mass is 362 g/mol. The number of benzene rings is 2. The molecule has 6 nitrogen and oxygen atoms in total. The maximum Gasteiger partial charge on any atom is 0.159 e. The fourth-order valence-corrected chi connectivity index (χ4v) is 2.49. The molecular formula is C21H22N4O2. The number of carbonyl (C=O) groups excluding carboxylic acids is 1. The highest BCUT2D eigenvalue weighted by Gasteiger charge is 2.04. The van der Waals surface area contributed by atoms with Crippen LogP contribution in [0.4, 0.5) is 23.0 Å². The van der Waals surface area contributed by atoms with Gasteiger partial charge in [-0.05, 0) is 57.2 Å². The zero-order valence-electron chi connectivity index (χ0n) is 15.6. The summed E-state index contributed by atoms with van der Waals surface area (Å²) in [6.07, 6.45) is 1.62. The number of Topliss-reactive ketones (excluding diaryl/α,β-unsaturated/α-hetero) is 1. The summed E-state index contributed by atoms with van der Waals surface area (Å²) >= 11 is 0. The van der Waals surface area contributed by atoms with E-state index in [4.69, 9.17) is 4.74 Å². The van der Waals surface area contributed by atoms with E-state index >= 15 is 0 Å². The SMILES string of the molecule is CC(=O)c1cccc(Nc2cc(Nc3ccc(OC(C)C)cc3)ncn2)c1. The third-order valence-electron chi connectivity index (χ3n) is 3.71. The molecule has 0 aliphatic carbocycles. The quantitative estimate of drug-likeness (QED) is 0.579. The van der Waals surface area contributed by atoms with Crippen LogP contribution in [-0.4, -0.2) is 21.9 Å². The molecule has 138 valence electrons. The zero-order valence-corrected chi connectivity index (χ0v) is 15.6. The van der Waals surface area contributed by atoms with E-state index in [9.17, 15) is 4.79 Å². The average Bonchev–Trinajstić information content (AvgIpc) is 2.63. The number of carbonyl (C=O) groups is 1. The number of ketones is 1. The normalized spacial score (nSPS) is 10.5. The lowest BCUT2D eigenvalue weighted by atomic mass is 10.1. The van der Waals surface area contributed by atoms with Gasteiger partial charge in [-0.3, -0.25) is 4.79 Å². The average molecular weight is 362 g/mol. The van der Waals surface area contributed by atoms with E-state index in [0.29, 0.717) is 17.2 Å². The van der Waals surface area contributed by atoms with Crippen molar-refractivity contribution >= 4 is 28.8 Å². The Morgan fingerprint density at radius 3 is 2.22 bits per heavy atom. The van der Waals surface area contributed by atoms with Gasteiger partial charge < -0.3 is 15.4 Å². The third-order valence-corrected chi connectivity index (χ3v) is 3.71. The number of rotatable bonds is 7. The van der Waals surface area contributed by atoms with E-state index in [1.165, 1.54) is 6.33 Å². The van der Waals surface area contributed by atoms with E-state index in [1.54, 1.807) is 25.1 Å². The minimum Gasteiger partial charge on any atom is -0.491 e. The molecule has 3 rings (SSSR count). The smallest absolute Gasteiger partial charge is 0.159 e. The van der Waals surface area contributed by atoms with Crippen LogP contribution < -0.4 is 15.4 Å². The van der Waals surface area contributed by atoms with Crippen molar-refractivity contribution in [3.05, 3.63) is 66.5 Å². The van der Waals surface area contributed by atoms with Crippen LogP contribution in [0.2, 0.25) is 0 Å². The van der Waals surface area contributed by atoms with Gasteiger partial charge in [0, 0.05) is 23.0 Å². The van der Waals surface area contributed by atoms with Crippen LogP contribution in [-0.2, 0) is 0 Å². The Morgan fingerprint density at radius 1 is 0.926 bits per heavy atom. The van der Waals surface area contributed by atoms with Crippen molar-refractivity contribution in [1.82, 2.24) is 9.97 Å². The van der Waals surface area contributed by atoms with Crippen molar-refractivity contribution in [3.8, 4) is 5.75 Å². The van der Waals surface area contributed by atoms with E-state index in [0.717, 1.165) is 17.1 Å². The Morgan fingerprint density at radius 2 is 1.59 bits per heavy atom. The molecule has 2 aromatic carbocycles. The van der Waals surface area contributed by atoms with Crippen LogP contribution in [0.15, 0.2) is 60.9 Å². The number of nitrogens with one attached hydrogen (secondary N) is 2. The van der Waals surface area contributed by atoms with Crippen molar-refractivity contribution in [2.75, 3.05) is 10.6 Å². The number of aromatic nitrogens is 2. The van der Waals surface area contributed by atoms with Crippen LogP contribution in [0.1, 0.15) is 31.1 Å². The van der Waals surface area contributed by atoms with Crippen LogP contribution in [0, 0.1) is 0 Å². The first-order valence-electron chi connectivity index (χ1n) is 8.73. The van der Waals surface area contributed by atoms with Crippen molar-refractivity contribution in [2.45, 2.75) is 26.9 Å². The van der Waals surface area contributed by atoms with Crippen molar-refractivity contribution in [1.29, 1.82) is 0 Å². The van der Waals surface area contributed by atoms with Crippen LogP contribution in [0.25, 0.3) is 0 Å². The lowest BCUT2D eigenvalue weighted by Crippen LogP contribution is -2.05. The first kappa shape index (κ1) is 18.4. The minimum absolute atomic E-state index is 0.0218. The van der Waals surface area contributed by atoms with Gasteiger partial charge in [-0.15, -0.1) is 0 Å². The maximum absolute atomic E-state index is 11.5. The third kappa shape index (κ3) is 5.28. The van der Waals surface area contributed by atoms with Gasteiger partial charge in [-0.1, -0.05) is 12.1 Å². The van der Waals surface area contributed by atoms with Gasteiger partial charge in [0.25, 0.3) is 0 Å². The Bertz CT molecular complexity index is 923. The summed E-state index contributed by atoms with van der Waals surface area (Å²) in [6.45, 7) is 5.53. The van der Waals surface area contributed by atoms with Gasteiger partial charge in [-0.2, -0.15) is 0 Å². The van der Waals surface area contributed by atoms with Gasteiger partial charge in [0.15, 0.2) is 5.78 Å². The van der Waals surface area contributed by atoms with Gasteiger partial charge >= 0.3 is 0 Å². The highest BCUT2D eigenvalue weighted by Crippen LogP contribution is 2.22. The van der Waals surface area contributed by atoms with Crippen molar-refractivity contribution in [3.63, 3.8) is 0 Å². The van der Waals surface area contributed by atoms with Gasteiger partial charge in [-0.25, -0.2) is 9.97 Å². The van der Waals surface area contributed by atoms with Crippen molar-refractivity contribution < 1.29 is 9.53 Å². The molecule has 2 N–H and O–H groups in total. The molecule has 0 fully saturated rings. The highest BCUT2D eigenvalue weighted by atomic mass is 16.5. The highest BCUT2D eigenvalue weighted by molar-refractivity contribution is 5.95. The first-order chi connectivity index (χ1) is 13.0. The Balaban J connectivity index is 1.70. The Labute approximate surface area is 158 Å². The molecule has 0 radical (unpaired) electrons. The van der Waals surface area contributed by atoms with Gasteiger partial charge in [0.1, 0.15) is 23.7 Å². The first-order valence-corrected chi connectivity index (χ1v) is 8.73. The fourth-order valence-electron chi connectivity index (χ4n) is 2.49. The molecule has 27 heavy (non-hydrogen) atoms. The molecule has 0 spiro atoms. The lowest BCUT2D eigenvalue weighted by Gasteiger charge is -2.11. The van der Waals surface area contributed by atoms with Crippen LogP contribution in [0.5, 0.6) is 5.75 Å². The lowest BCUT2D eigenvalue weighted by molar-refractivity contribution is 0.101. The fraction of sp³-hybridized carbons (Fsp3) is 0.190. The van der Waals surface area contributed by atoms with Crippen molar-refractivity contribution in [2.24, 2.45) is 0 Å². The summed E-state index contributed by atoms with van der Waals surface area (Å²) in [5.74, 6) is 2.14. The second-order valence-corrected chi connectivity index (χ2v) is 6.37. The molecule has 0 bridgehead atoms. The molecule has 0 amide bonds. The molecule has 1 aromatic heterocycles. The minimum atomic E-state index is 0.0218. The van der Waals surface area contributed by atoms with Gasteiger partial charge in [0.2, 0.25) is 0 Å². The summed E-state index contributed by atoms with van der Waals surface area (Å²) < 4.78 is 5.64. The zero-order chi connectivity index (χ0) is 19.2. The number of hydrogen-bond donors (Lipinski definition) is 2. The Hall–Kier alpha value is -3.41. The second kappa shape index (κ2) is 8.31. The van der Waals surface area contributed by atoms with E-state index < -0.39 is 0 Å². The Kier molecular flexibility index (Phi) is 5.66. The molecular weight excluding hydrogens is 340 g/mol. The summed E-state index contributed by atoms with van der Waals surface area (Å²) in [5.41, 5.74) is 2.34. The molecule has 0 aliphatic rings. The summed E-state index contributed by atoms with van der Waals surface area (Å²) in [6, 6.07) is 16.8. The predicted octanol–water partition coefficient (Wildman–Crippen LogP) is 4.95. The van der Waals surface area contributed by atoms with Crippen LogP contribution >= 0.6 is 0 Å². The van der Waals surface area contributed by atoms with Crippen LogP contribution in [0.3, 0.4) is 0 Å². The molecule has 1 heterocycles. The molecule has 0 saturated heterocycles. The summed E-state index contributed by atoms with van der Waals surface area (Å²) in [5, 5.41) is 6.43. The number of anilines is 4. The summed E-state index contributed by atoms with van der Waals surface area (Å²) in [7, 11) is 0.